The van der Waals surface area contributed by atoms with E-state index in [0.717, 1.165) is 22.3 Å². The Hall–Kier alpha value is -1.36. The summed E-state index contributed by atoms with van der Waals surface area (Å²) in [5.74, 6) is 1.66. The first kappa shape index (κ1) is 11.1. The summed E-state index contributed by atoms with van der Waals surface area (Å²) in [4.78, 5) is 5.53. The molecular weight excluding hydrogens is 222 g/mol. The molecule has 4 nitrogen and oxygen atoms in total. The number of rotatable bonds is 2. The van der Waals surface area contributed by atoms with Gasteiger partial charge in [0.1, 0.15) is 5.75 Å². The molecule has 2 rings (SSSR count). The maximum Gasteiger partial charge on any atom is 0.206 e. The molecule has 1 heterocycles. The molecule has 0 aliphatic carbocycles. The largest absolute Gasteiger partial charge is 0.497 e. The summed E-state index contributed by atoms with van der Waals surface area (Å²) < 4.78 is 8.33. The van der Waals surface area contributed by atoms with Crippen LogP contribution >= 0.6 is 11.9 Å². The van der Waals surface area contributed by atoms with Crippen molar-refractivity contribution in [2.24, 2.45) is 4.99 Å². The molecule has 0 fully saturated rings. The van der Waals surface area contributed by atoms with Crippen LogP contribution in [0, 0.1) is 0 Å². The van der Waals surface area contributed by atoms with Crippen molar-refractivity contribution in [2.75, 3.05) is 12.4 Å². The van der Waals surface area contributed by atoms with Crippen LogP contribution in [0.25, 0.3) is 0 Å². The van der Waals surface area contributed by atoms with Gasteiger partial charge in [0.05, 0.1) is 17.7 Å². The van der Waals surface area contributed by atoms with Crippen LogP contribution < -0.4 is 14.8 Å². The smallest absolute Gasteiger partial charge is 0.206 e. The molecule has 86 valence electrons. The number of hydrogen-bond acceptors (Lipinski definition) is 3. The molecule has 5 heteroatoms. The lowest BCUT2D eigenvalue weighted by molar-refractivity contribution is 0.414. The molecule has 1 aromatic rings. The van der Waals surface area contributed by atoms with Crippen molar-refractivity contribution in [3.05, 3.63) is 18.2 Å². The molecule has 0 saturated heterocycles. The van der Waals surface area contributed by atoms with Gasteiger partial charge < -0.3 is 10.1 Å². The highest BCUT2D eigenvalue weighted by atomic mass is 32.2. The summed E-state index contributed by atoms with van der Waals surface area (Å²) in [7, 11) is 1.67. The Bertz CT molecular complexity index is 418. The average Bonchev–Trinajstić information content (AvgIpc) is 2.27. The SMILES string of the molecule is COc1ccc2c(c1)SNC(=NC(C)C)N2. The van der Waals surface area contributed by atoms with Crippen molar-refractivity contribution in [2.45, 2.75) is 24.8 Å². The van der Waals surface area contributed by atoms with E-state index >= 15 is 0 Å². The van der Waals surface area contributed by atoms with Gasteiger partial charge in [-0.05, 0) is 44.0 Å². The summed E-state index contributed by atoms with van der Waals surface area (Å²) >= 11 is 1.55. The molecule has 0 spiro atoms. The third-order valence-corrected chi connectivity index (χ3v) is 2.94. The van der Waals surface area contributed by atoms with Crippen molar-refractivity contribution < 1.29 is 4.74 Å². The molecule has 1 aliphatic rings. The van der Waals surface area contributed by atoms with Crippen LogP contribution in [0.3, 0.4) is 0 Å². The average molecular weight is 237 g/mol. The first-order valence-electron chi connectivity index (χ1n) is 5.15. The molecule has 0 saturated carbocycles. The molecule has 0 atom stereocenters. The Morgan fingerprint density at radius 3 is 2.88 bits per heavy atom. The number of nitrogens with one attached hydrogen (secondary N) is 2. The van der Waals surface area contributed by atoms with Crippen LogP contribution in [0.4, 0.5) is 5.69 Å². The predicted molar refractivity (Wildman–Crippen MR) is 68.2 cm³/mol. The number of nitrogens with zero attached hydrogens (tertiary/aromatic N) is 1. The quantitative estimate of drug-likeness (QED) is 0.776. The molecule has 1 aliphatic heterocycles. The van der Waals surface area contributed by atoms with E-state index in [9.17, 15) is 0 Å². The fourth-order valence-corrected chi connectivity index (χ4v) is 2.11. The number of benzene rings is 1. The van der Waals surface area contributed by atoms with E-state index in [1.807, 2.05) is 32.0 Å². The highest BCUT2D eigenvalue weighted by Crippen LogP contribution is 2.32. The summed E-state index contributed by atoms with van der Waals surface area (Å²) in [5, 5.41) is 3.24. The lowest BCUT2D eigenvalue weighted by atomic mass is 10.3. The number of guanidine groups is 1. The number of aliphatic imine (C=N–C) groups is 1. The van der Waals surface area contributed by atoms with Crippen molar-refractivity contribution >= 4 is 23.6 Å². The van der Waals surface area contributed by atoms with Gasteiger partial charge in [0.15, 0.2) is 0 Å². The highest BCUT2D eigenvalue weighted by Gasteiger charge is 2.14. The van der Waals surface area contributed by atoms with Gasteiger partial charge in [0.25, 0.3) is 0 Å². The van der Waals surface area contributed by atoms with Crippen LogP contribution in [-0.2, 0) is 0 Å². The van der Waals surface area contributed by atoms with Gasteiger partial charge >= 0.3 is 0 Å². The zero-order valence-corrected chi connectivity index (χ0v) is 10.4. The van der Waals surface area contributed by atoms with E-state index in [1.165, 1.54) is 0 Å². The van der Waals surface area contributed by atoms with Crippen molar-refractivity contribution in [1.29, 1.82) is 0 Å². The van der Waals surface area contributed by atoms with Crippen LogP contribution in [0.15, 0.2) is 28.1 Å². The fraction of sp³-hybridized carbons (Fsp3) is 0.364. The Kier molecular flexibility index (Phi) is 3.24. The van der Waals surface area contributed by atoms with Crippen molar-refractivity contribution in [3.63, 3.8) is 0 Å². The number of fused-ring (bicyclic) bond motifs is 1. The number of anilines is 1. The van der Waals surface area contributed by atoms with Crippen LogP contribution in [0.2, 0.25) is 0 Å². The molecule has 16 heavy (non-hydrogen) atoms. The minimum absolute atomic E-state index is 0.274. The lowest BCUT2D eigenvalue weighted by Gasteiger charge is -2.21. The second-order valence-corrected chi connectivity index (χ2v) is 4.61. The summed E-state index contributed by atoms with van der Waals surface area (Å²) in [6, 6.07) is 6.20. The first-order chi connectivity index (χ1) is 7.69. The van der Waals surface area contributed by atoms with Gasteiger partial charge in [-0.1, -0.05) is 0 Å². The maximum absolute atomic E-state index is 5.17. The minimum Gasteiger partial charge on any atom is -0.497 e. The van der Waals surface area contributed by atoms with E-state index in [0.29, 0.717) is 0 Å². The second-order valence-electron chi connectivity index (χ2n) is 3.76. The second kappa shape index (κ2) is 4.65. The predicted octanol–water partition coefficient (Wildman–Crippen LogP) is 2.48. The first-order valence-corrected chi connectivity index (χ1v) is 5.96. The summed E-state index contributed by atoms with van der Waals surface area (Å²) in [6.07, 6.45) is 0. The van der Waals surface area contributed by atoms with E-state index < -0.39 is 0 Å². The zero-order valence-electron chi connectivity index (χ0n) is 9.57. The normalized spacial score (nSPS) is 16.6. The Labute approximate surface area is 99.6 Å². The van der Waals surface area contributed by atoms with Gasteiger partial charge in [-0.15, -0.1) is 0 Å². The molecule has 0 bridgehead atoms. The Morgan fingerprint density at radius 2 is 2.19 bits per heavy atom. The molecular formula is C11H15N3OS. The van der Waals surface area contributed by atoms with Gasteiger partial charge in [0.2, 0.25) is 5.96 Å². The summed E-state index contributed by atoms with van der Waals surface area (Å²) in [5.41, 5.74) is 1.06. The van der Waals surface area contributed by atoms with E-state index in [4.69, 9.17) is 4.74 Å². The van der Waals surface area contributed by atoms with Crippen LogP contribution in [-0.4, -0.2) is 19.1 Å². The standard InChI is InChI=1S/C11H15N3OS/c1-7(2)12-11-13-9-5-4-8(15-3)6-10(9)16-14-11/h4-7H,1-3H3,(H2,12,13,14). The van der Waals surface area contributed by atoms with E-state index in [2.05, 4.69) is 15.0 Å². The van der Waals surface area contributed by atoms with Crippen LogP contribution in [0.5, 0.6) is 5.75 Å². The topological polar surface area (TPSA) is 45.6 Å². The molecule has 0 amide bonds. The van der Waals surface area contributed by atoms with E-state index in [-0.39, 0.29) is 6.04 Å². The van der Waals surface area contributed by atoms with E-state index in [1.54, 1.807) is 19.1 Å². The molecule has 2 N–H and O–H groups in total. The molecule has 0 aromatic heterocycles. The maximum atomic E-state index is 5.17. The van der Waals surface area contributed by atoms with Gasteiger partial charge in [-0.25, -0.2) is 4.99 Å². The Morgan fingerprint density at radius 1 is 1.38 bits per heavy atom. The lowest BCUT2D eigenvalue weighted by Crippen LogP contribution is -2.30. The van der Waals surface area contributed by atoms with Gasteiger partial charge in [0, 0.05) is 6.04 Å². The molecule has 1 aromatic carbocycles. The third kappa shape index (κ3) is 2.41. The number of hydrogen-bond donors (Lipinski definition) is 2. The minimum atomic E-state index is 0.274. The van der Waals surface area contributed by atoms with Crippen molar-refractivity contribution in [3.8, 4) is 5.75 Å². The van der Waals surface area contributed by atoms with Crippen LogP contribution in [0.1, 0.15) is 13.8 Å². The van der Waals surface area contributed by atoms with Gasteiger partial charge in [-0.2, -0.15) is 0 Å². The third-order valence-electron chi connectivity index (χ3n) is 2.09. The molecule has 0 unspecified atom stereocenters. The Balaban J connectivity index is 2.22. The van der Waals surface area contributed by atoms with Crippen molar-refractivity contribution in [1.82, 2.24) is 4.72 Å². The zero-order chi connectivity index (χ0) is 11.5. The number of methoxy groups -OCH3 is 1. The highest BCUT2D eigenvalue weighted by molar-refractivity contribution is 7.98. The molecule has 0 radical (unpaired) electrons. The number of ether oxygens (including phenoxy) is 1. The van der Waals surface area contributed by atoms with Gasteiger partial charge in [-0.3, -0.25) is 4.72 Å². The monoisotopic (exact) mass is 237 g/mol. The fourth-order valence-electron chi connectivity index (χ4n) is 1.39. The summed E-state index contributed by atoms with van der Waals surface area (Å²) in [6.45, 7) is 4.09.